The minimum atomic E-state index is -0.287. The van der Waals surface area contributed by atoms with E-state index < -0.39 is 0 Å². The molecule has 8 heteroatoms. The van der Waals surface area contributed by atoms with Crippen molar-refractivity contribution < 1.29 is 19.0 Å². The van der Waals surface area contributed by atoms with Gasteiger partial charge in [0.1, 0.15) is 0 Å². The first-order valence-electron chi connectivity index (χ1n) is 8.40. The van der Waals surface area contributed by atoms with Gasteiger partial charge in [-0.15, -0.1) is 0 Å². The Labute approximate surface area is 162 Å². The quantitative estimate of drug-likeness (QED) is 0.648. The summed E-state index contributed by atoms with van der Waals surface area (Å²) in [5.74, 6) is 1.53. The Morgan fingerprint density at radius 3 is 2.00 bits per heavy atom. The van der Waals surface area contributed by atoms with Crippen LogP contribution >= 0.6 is 0 Å². The predicted molar refractivity (Wildman–Crippen MR) is 106 cm³/mol. The van der Waals surface area contributed by atoms with E-state index in [1.54, 1.807) is 24.3 Å². The van der Waals surface area contributed by atoms with E-state index in [2.05, 4.69) is 20.6 Å². The number of nitrogens with zero attached hydrogens (tertiary/aromatic N) is 2. The monoisotopic (exact) mass is 380 g/mol. The Morgan fingerprint density at radius 2 is 1.46 bits per heavy atom. The molecule has 0 aliphatic heterocycles. The standard InChI is InChI=1S/C20H20N4O4/c1-26-16-9-15(10-17(27-2)18(16)28-3)24-20-21-11-13(12-22-20)19(25)23-14-7-5-4-6-8-14/h4-12H,1-3H3,(H,23,25)(H,21,22,24). The highest BCUT2D eigenvalue weighted by molar-refractivity contribution is 6.03. The molecule has 3 aromatic rings. The number of anilines is 3. The number of benzene rings is 2. The third kappa shape index (κ3) is 4.29. The summed E-state index contributed by atoms with van der Waals surface area (Å²) in [6, 6.07) is 12.6. The normalized spacial score (nSPS) is 10.1. The molecule has 28 heavy (non-hydrogen) atoms. The maximum absolute atomic E-state index is 12.3. The summed E-state index contributed by atoms with van der Waals surface area (Å²) >= 11 is 0. The van der Waals surface area contributed by atoms with Crippen LogP contribution in [0.25, 0.3) is 0 Å². The molecule has 0 saturated carbocycles. The van der Waals surface area contributed by atoms with Crippen LogP contribution in [0.3, 0.4) is 0 Å². The number of methoxy groups -OCH3 is 3. The second-order valence-electron chi connectivity index (χ2n) is 5.65. The van der Waals surface area contributed by atoms with Crippen molar-refractivity contribution in [1.82, 2.24) is 9.97 Å². The molecule has 144 valence electrons. The molecule has 0 unspecified atom stereocenters. The van der Waals surface area contributed by atoms with Crippen molar-refractivity contribution in [2.24, 2.45) is 0 Å². The SMILES string of the molecule is COc1cc(Nc2ncc(C(=O)Nc3ccccc3)cn2)cc(OC)c1OC. The molecule has 2 aromatic carbocycles. The number of nitrogens with one attached hydrogen (secondary N) is 2. The topological polar surface area (TPSA) is 94.6 Å². The average Bonchev–Trinajstić information content (AvgIpc) is 2.74. The van der Waals surface area contributed by atoms with Crippen LogP contribution in [0.4, 0.5) is 17.3 Å². The van der Waals surface area contributed by atoms with E-state index in [0.29, 0.717) is 40.1 Å². The predicted octanol–water partition coefficient (Wildman–Crippen LogP) is 3.50. The van der Waals surface area contributed by atoms with Gasteiger partial charge in [-0.1, -0.05) is 18.2 Å². The van der Waals surface area contributed by atoms with E-state index in [1.165, 1.54) is 33.7 Å². The van der Waals surface area contributed by atoms with Crippen LogP contribution < -0.4 is 24.8 Å². The zero-order valence-electron chi connectivity index (χ0n) is 15.7. The molecule has 0 spiro atoms. The highest BCUT2D eigenvalue weighted by atomic mass is 16.5. The van der Waals surface area contributed by atoms with Gasteiger partial charge in [0.2, 0.25) is 11.7 Å². The molecule has 8 nitrogen and oxygen atoms in total. The average molecular weight is 380 g/mol. The molecule has 0 aliphatic rings. The van der Waals surface area contributed by atoms with Crippen molar-refractivity contribution in [2.75, 3.05) is 32.0 Å². The lowest BCUT2D eigenvalue weighted by Crippen LogP contribution is -2.13. The molecular formula is C20H20N4O4. The lowest BCUT2D eigenvalue weighted by Gasteiger charge is -2.14. The minimum absolute atomic E-state index is 0.287. The molecule has 0 fully saturated rings. The first-order valence-corrected chi connectivity index (χ1v) is 8.40. The van der Waals surface area contributed by atoms with Gasteiger partial charge in [-0.3, -0.25) is 4.79 Å². The smallest absolute Gasteiger partial charge is 0.258 e. The molecule has 1 amide bonds. The maximum atomic E-state index is 12.3. The minimum Gasteiger partial charge on any atom is -0.493 e. The Balaban J connectivity index is 1.74. The van der Waals surface area contributed by atoms with Gasteiger partial charge in [0.05, 0.1) is 26.9 Å². The maximum Gasteiger partial charge on any atom is 0.258 e. The molecule has 0 radical (unpaired) electrons. The Bertz CT molecular complexity index is 921. The van der Waals surface area contributed by atoms with Crippen molar-refractivity contribution >= 4 is 23.2 Å². The third-order valence-corrected chi connectivity index (χ3v) is 3.87. The summed E-state index contributed by atoms with van der Waals surface area (Å²) < 4.78 is 16.0. The number of carbonyl (C=O) groups is 1. The molecular weight excluding hydrogens is 360 g/mol. The van der Waals surface area contributed by atoms with Crippen LogP contribution in [0, 0.1) is 0 Å². The fraction of sp³-hybridized carbons (Fsp3) is 0.150. The fourth-order valence-electron chi connectivity index (χ4n) is 2.52. The Hall–Kier alpha value is -3.81. The van der Waals surface area contributed by atoms with Crippen LogP contribution in [0.15, 0.2) is 54.9 Å². The van der Waals surface area contributed by atoms with E-state index in [1.807, 2.05) is 18.2 Å². The largest absolute Gasteiger partial charge is 0.493 e. The van der Waals surface area contributed by atoms with Crippen molar-refractivity contribution in [3.63, 3.8) is 0 Å². The van der Waals surface area contributed by atoms with E-state index in [0.717, 1.165) is 0 Å². The second kappa shape index (κ2) is 8.72. The molecule has 0 bridgehead atoms. The molecule has 0 aliphatic carbocycles. The number of aromatic nitrogens is 2. The van der Waals surface area contributed by atoms with Crippen molar-refractivity contribution in [2.45, 2.75) is 0 Å². The summed E-state index contributed by atoms with van der Waals surface area (Å²) in [4.78, 5) is 20.7. The number of hydrogen-bond donors (Lipinski definition) is 2. The van der Waals surface area contributed by atoms with Gasteiger partial charge in [0.25, 0.3) is 5.91 Å². The lowest BCUT2D eigenvalue weighted by molar-refractivity contribution is 0.102. The first kappa shape index (κ1) is 19.0. The molecule has 3 rings (SSSR count). The first-order chi connectivity index (χ1) is 13.6. The molecule has 1 heterocycles. The van der Waals surface area contributed by atoms with E-state index in [4.69, 9.17) is 14.2 Å². The van der Waals surface area contributed by atoms with Crippen molar-refractivity contribution in [1.29, 1.82) is 0 Å². The molecule has 0 atom stereocenters. The zero-order chi connectivity index (χ0) is 19.9. The number of rotatable bonds is 7. The van der Waals surface area contributed by atoms with Crippen LogP contribution in [0.2, 0.25) is 0 Å². The highest BCUT2D eigenvalue weighted by Crippen LogP contribution is 2.40. The van der Waals surface area contributed by atoms with Gasteiger partial charge in [0, 0.05) is 35.9 Å². The van der Waals surface area contributed by atoms with Gasteiger partial charge in [0.15, 0.2) is 11.5 Å². The van der Waals surface area contributed by atoms with Crippen molar-refractivity contribution in [3.8, 4) is 17.2 Å². The van der Waals surface area contributed by atoms with E-state index in [-0.39, 0.29) is 5.91 Å². The van der Waals surface area contributed by atoms with Crippen LogP contribution in [-0.4, -0.2) is 37.2 Å². The Kier molecular flexibility index (Phi) is 5.91. The highest BCUT2D eigenvalue weighted by Gasteiger charge is 2.14. The van der Waals surface area contributed by atoms with E-state index >= 15 is 0 Å². The summed E-state index contributed by atoms with van der Waals surface area (Å²) in [7, 11) is 4.62. The summed E-state index contributed by atoms with van der Waals surface area (Å²) in [6.45, 7) is 0. The summed E-state index contributed by atoms with van der Waals surface area (Å²) in [5.41, 5.74) is 1.70. The molecule has 0 saturated heterocycles. The third-order valence-electron chi connectivity index (χ3n) is 3.87. The lowest BCUT2D eigenvalue weighted by atomic mass is 10.2. The fourth-order valence-corrected chi connectivity index (χ4v) is 2.52. The summed E-state index contributed by atoms with van der Waals surface area (Å²) in [6.07, 6.45) is 2.90. The number of carbonyl (C=O) groups excluding carboxylic acids is 1. The second-order valence-corrected chi connectivity index (χ2v) is 5.65. The molecule has 1 aromatic heterocycles. The number of para-hydroxylation sites is 1. The summed E-state index contributed by atoms with van der Waals surface area (Å²) in [5, 5.41) is 5.83. The number of hydrogen-bond acceptors (Lipinski definition) is 7. The van der Waals surface area contributed by atoms with Gasteiger partial charge in [-0.05, 0) is 12.1 Å². The zero-order valence-corrected chi connectivity index (χ0v) is 15.7. The van der Waals surface area contributed by atoms with Crippen LogP contribution in [0.1, 0.15) is 10.4 Å². The van der Waals surface area contributed by atoms with Crippen LogP contribution in [-0.2, 0) is 0 Å². The van der Waals surface area contributed by atoms with Crippen molar-refractivity contribution in [3.05, 3.63) is 60.4 Å². The van der Waals surface area contributed by atoms with Gasteiger partial charge >= 0.3 is 0 Å². The van der Waals surface area contributed by atoms with Gasteiger partial charge < -0.3 is 24.8 Å². The van der Waals surface area contributed by atoms with E-state index in [9.17, 15) is 4.79 Å². The van der Waals surface area contributed by atoms with Gasteiger partial charge in [-0.2, -0.15) is 0 Å². The Morgan fingerprint density at radius 1 is 0.857 bits per heavy atom. The van der Waals surface area contributed by atoms with Crippen LogP contribution in [0.5, 0.6) is 17.2 Å². The number of ether oxygens (including phenoxy) is 3. The number of amides is 1. The van der Waals surface area contributed by atoms with Gasteiger partial charge in [-0.25, -0.2) is 9.97 Å². The molecule has 2 N–H and O–H groups in total.